The SMILES string of the molecule is CCCCCCC(C)OCCC(=O)Nc1cccc(N)c1. The molecule has 0 radical (unpaired) electrons. The van der Waals surface area contributed by atoms with Gasteiger partial charge in [0.05, 0.1) is 19.1 Å². The van der Waals surface area contributed by atoms with Gasteiger partial charge in [0, 0.05) is 11.4 Å². The minimum Gasteiger partial charge on any atom is -0.399 e. The summed E-state index contributed by atoms with van der Waals surface area (Å²) >= 11 is 0. The first-order valence-corrected chi connectivity index (χ1v) is 7.88. The minimum absolute atomic E-state index is 0.0428. The highest BCUT2D eigenvalue weighted by molar-refractivity contribution is 5.91. The van der Waals surface area contributed by atoms with E-state index in [9.17, 15) is 4.79 Å². The molecule has 1 aromatic carbocycles. The van der Waals surface area contributed by atoms with Gasteiger partial charge in [-0.3, -0.25) is 4.79 Å². The van der Waals surface area contributed by atoms with Crippen LogP contribution in [0.25, 0.3) is 0 Å². The molecular formula is C17H28N2O2. The number of anilines is 2. The van der Waals surface area contributed by atoms with Gasteiger partial charge in [0.2, 0.25) is 5.91 Å². The zero-order valence-corrected chi connectivity index (χ0v) is 13.2. The average molecular weight is 292 g/mol. The standard InChI is InChI=1S/C17H28N2O2/c1-3-4-5-6-8-14(2)21-12-11-17(20)19-16-10-7-9-15(18)13-16/h7,9-10,13-14H,3-6,8,11-12,18H2,1-2H3,(H,19,20). The molecule has 0 fully saturated rings. The highest BCUT2D eigenvalue weighted by atomic mass is 16.5. The molecule has 0 aliphatic heterocycles. The molecule has 3 N–H and O–H groups in total. The van der Waals surface area contributed by atoms with Crippen molar-refractivity contribution in [3.05, 3.63) is 24.3 Å². The lowest BCUT2D eigenvalue weighted by Gasteiger charge is -2.13. The summed E-state index contributed by atoms with van der Waals surface area (Å²) in [5.74, 6) is -0.0428. The van der Waals surface area contributed by atoms with E-state index < -0.39 is 0 Å². The Labute approximate surface area is 128 Å². The largest absolute Gasteiger partial charge is 0.399 e. The maximum atomic E-state index is 11.8. The normalized spacial score (nSPS) is 12.1. The van der Waals surface area contributed by atoms with Crippen LogP contribution in [-0.4, -0.2) is 18.6 Å². The second-order valence-electron chi connectivity index (χ2n) is 5.45. The highest BCUT2D eigenvalue weighted by Crippen LogP contribution is 2.12. The molecule has 118 valence electrons. The summed E-state index contributed by atoms with van der Waals surface area (Å²) in [6.45, 7) is 4.74. The Hall–Kier alpha value is -1.55. The highest BCUT2D eigenvalue weighted by Gasteiger charge is 2.06. The van der Waals surface area contributed by atoms with Crippen molar-refractivity contribution in [1.29, 1.82) is 0 Å². The molecule has 0 bridgehead atoms. The van der Waals surface area contributed by atoms with Crippen LogP contribution in [0.15, 0.2) is 24.3 Å². The lowest BCUT2D eigenvalue weighted by Crippen LogP contribution is -2.17. The quantitative estimate of drug-likeness (QED) is 0.506. The van der Waals surface area contributed by atoms with Crippen LogP contribution in [0.4, 0.5) is 11.4 Å². The van der Waals surface area contributed by atoms with Crippen LogP contribution in [0.2, 0.25) is 0 Å². The van der Waals surface area contributed by atoms with Crippen LogP contribution >= 0.6 is 0 Å². The Morgan fingerprint density at radius 1 is 1.33 bits per heavy atom. The molecule has 1 unspecified atom stereocenters. The minimum atomic E-state index is -0.0428. The molecule has 4 heteroatoms. The molecule has 1 amide bonds. The van der Waals surface area contributed by atoms with Gasteiger partial charge in [0.1, 0.15) is 0 Å². The van der Waals surface area contributed by atoms with Gasteiger partial charge in [-0.1, -0.05) is 38.7 Å². The number of amides is 1. The molecule has 0 aliphatic rings. The van der Waals surface area contributed by atoms with E-state index in [1.165, 1.54) is 25.7 Å². The van der Waals surface area contributed by atoms with Crippen molar-refractivity contribution in [1.82, 2.24) is 0 Å². The number of hydrogen-bond donors (Lipinski definition) is 2. The summed E-state index contributed by atoms with van der Waals surface area (Å²) in [4.78, 5) is 11.8. The smallest absolute Gasteiger partial charge is 0.226 e. The Balaban J connectivity index is 2.13. The number of nitrogens with one attached hydrogen (secondary N) is 1. The van der Waals surface area contributed by atoms with Gasteiger partial charge in [-0.2, -0.15) is 0 Å². The van der Waals surface area contributed by atoms with E-state index in [1.807, 2.05) is 12.1 Å². The topological polar surface area (TPSA) is 64.3 Å². The van der Waals surface area contributed by atoms with E-state index in [-0.39, 0.29) is 12.0 Å². The third-order valence-electron chi connectivity index (χ3n) is 3.37. The van der Waals surface area contributed by atoms with Crippen molar-refractivity contribution in [2.24, 2.45) is 0 Å². The van der Waals surface area contributed by atoms with Crippen molar-refractivity contribution in [2.45, 2.75) is 58.5 Å². The van der Waals surface area contributed by atoms with Gasteiger partial charge in [0.15, 0.2) is 0 Å². The number of rotatable bonds is 10. The molecule has 1 aromatic rings. The van der Waals surface area contributed by atoms with Crippen LogP contribution in [0, 0.1) is 0 Å². The van der Waals surface area contributed by atoms with Crippen molar-refractivity contribution < 1.29 is 9.53 Å². The van der Waals surface area contributed by atoms with E-state index >= 15 is 0 Å². The lowest BCUT2D eigenvalue weighted by atomic mass is 10.1. The number of nitrogen functional groups attached to an aromatic ring is 1. The third kappa shape index (κ3) is 8.35. The molecule has 0 spiro atoms. The monoisotopic (exact) mass is 292 g/mol. The number of unbranched alkanes of at least 4 members (excludes halogenated alkanes) is 3. The van der Waals surface area contributed by atoms with Crippen LogP contribution < -0.4 is 11.1 Å². The number of nitrogens with two attached hydrogens (primary N) is 1. The average Bonchev–Trinajstić information content (AvgIpc) is 2.43. The molecule has 1 rings (SSSR count). The zero-order chi connectivity index (χ0) is 15.5. The number of carbonyl (C=O) groups is 1. The van der Waals surface area contributed by atoms with Crippen LogP contribution in [0.1, 0.15) is 52.4 Å². The molecule has 0 aromatic heterocycles. The summed E-state index contributed by atoms with van der Waals surface area (Å²) in [5.41, 5.74) is 7.04. The first-order chi connectivity index (χ1) is 10.1. The van der Waals surface area contributed by atoms with Crippen LogP contribution in [0.5, 0.6) is 0 Å². The van der Waals surface area contributed by atoms with E-state index in [4.69, 9.17) is 10.5 Å². The molecule has 0 aliphatic carbocycles. The third-order valence-corrected chi connectivity index (χ3v) is 3.37. The van der Waals surface area contributed by atoms with Gasteiger partial charge in [0.25, 0.3) is 0 Å². The summed E-state index contributed by atoms with van der Waals surface area (Å²) in [6.07, 6.45) is 6.66. The molecule has 0 heterocycles. The van der Waals surface area contributed by atoms with Gasteiger partial charge >= 0.3 is 0 Å². The number of benzene rings is 1. The Morgan fingerprint density at radius 2 is 2.14 bits per heavy atom. The van der Waals surface area contributed by atoms with Gasteiger partial charge in [-0.15, -0.1) is 0 Å². The maximum Gasteiger partial charge on any atom is 0.226 e. The van der Waals surface area contributed by atoms with E-state index in [0.717, 1.165) is 12.1 Å². The van der Waals surface area contributed by atoms with Crippen molar-refractivity contribution in [3.63, 3.8) is 0 Å². The Morgan fingerprint density at radius 3 is 2.86 bits per heavy atom. The fourth-order valence-corrected chi connectivity index (χ4v) is 2.13. The summed E-state index contributed by atoms with van der Waals surface area (Å²) < 4.78 is 5.67. The molecule has 4 nitrogen and oxygen atoms in total. The van der Waals surface area contributed by atoms with Crippen molar-refractivity contribution in [3.8, 4) is 0 Å². The summed E-state index contributed by atoms with van der Waals surface area (Å²) in [6, 6.07) is 7.18. The Bertz CT molecular complexity index is 421. The number of carbonyl (C=O) groups excluding carboxylic acids is 1. The zero-order valence-electron chi connectivity index (χ0n) is 13.2. The fourth-order valence-electron chi connectivity index (χ4n) is 2.13. The molecule has 0 saturated heterocycles. The number of hydrogen-bond acceptors (Lipinski definition) is 3. The lowest BCUT2D eigenvalue weighted by molar-refractivity contribution is -0.117. The second-order valence-corrected chi connectivity index (χ2v) is 5.45. The van der Waals surface area contributed by atoms with Gasteiger partial charge in [-0.25, -0.2) is 0 Å². The molecule has 1 atom stereocenters. The molecule has 21 heavy (non-hydrogen) atoms. The molecule has 0 saturated carbocycles. The van der Waals surface area contributed by atoms with E-state index in [2.05, 4.69) is 19.2 Å². The van der Waals surface area contributed by atoms with E-state index in [0.29, 0.717) is 18.7 Å². The van der Waals surface area contributed by atoms with Gasteiger partial charge in [-0.05, 0) is 31.5 Å². The van der Waals surface area contributed by atoms with Gasteiger partial charge < -0.3 is 15.8 Å². The molecular weight excluding hydrogens is 264 g/mol. The first-order valence-electron chi connectivity index (χ1n) is 7.88. The maximum absolute atomic E-state index is 11.8. The van der Waals surface area contributed by atoms with Crippen molar-refractivity contribution in [2.75, 3.05) is 17.7 Å². The van der Waals surface area contributed by atoms with Crippen LogP contribution in [-0.2, 0) is 9.53 Å². The Kier molecular flexibility index (Phi) is 8.51. The number of ether oxygens (including phenoxy) is 1. The predicted molar refractivity (Wildman–Crippen MR) is 88.3 cm³/mol. The summed E-state index contributed by atoms with van der Waals surface area (Å²) in [5, 5.41) is 2.82. The first kappa shape index (κ1) is 17.5. The summed E-state index contributed by atoms with van der Waals surface area (Å²) in [7, 11) is 0. The van der Waals surface area contributed by atoms with E-state index in [1.54, 1.807) is 12.1 Å². The fraction of sp³-hybridized carbons (Fsp3) is 0.588. The second kappa shape index (κ2) is 10.2. The predicted octanol–water partition coefficient (Wildman–Crippen LogP) is 3.97. The van der Waals surface area contributed by atoms with Crippen molar-refractivity contribution >= 4 is 17.3 Å². The van der Waals surface area contributed by atoms with Crippen LogP contribution in [0.3, 0.4) is 0 Å².